The molecule has 0 saturated carbocycles. The Balaban J connectivity index is 1.79. The second-order valence-corrected chi connectivity index (χ2v) is 7.49. The van der Waals surface area contributed by atoms with Crippen molar-refractivity contribution >= 4 is 16.6 Å². The van der Waals surface area contributed by atoms with Crippen molar-refractivity contribution in [3.8, 4) is 17.0 Å². The zero-order valence-electron chi connectivity index (χ0n) is 16.4. The van der Waals surface area contributed by atoms with Crippen LogP contribution in [-0.4, -0.2) is 35.4 Å². The van der Waals surface area contributed by atoms with E-state index in [1.54, 1.807) is 36.1 Å². The lowest BCUT2D eigenvalue weighted by atomic mass is 10.0. The molecule has 1 aromatic heterocycles. The average molecular weight is 420 g/mol. The first kappa shape index (κ1) is 20.4. The van der Waals surface area contributed by atoms with E-state index in [1.165, 1.54) is 6.92 Å². The third-order valence-corrected chi connectivity index (χ3v) is 5.15. The summed E-state index contributed by atoms with van der Waals surface area (Å²) in [6.45, 7) is 2.99. The Kier molecular flexibility index (Phi) is 5.05. The lowest BCUT2D eigenvalue weighted by molar-refractivity contribution is 0.000263. The van der Waals surface area contributed by atoms with Crippen LogP contribution >= 0.6 is 0 Å². The van der Waals surface area contributed by atoms with Crippen molar-refractivity contribution in [1.29, 1.82) is 0 Å². The Hall–Kier alpha value is -2.87. The van der Waals surface area contributed by atoms with Crippen LogP contribution in [0.1, 0.15) is 18.9 Å². The molecule has 158 valence electrons. The van der Waals surface area contributed by atoms with Crippen molar-refractivity contribution in [1.82, 2.24) is 4.98 Å². The highest BCUT2D eigenvalue weighted by atomic mass is 19.3. The van der Waals surface area contributed by atoms with Gasteiger partial charge in [0.25, 0.3) is 5.92 Å². The summed E-state index contributed by atoms with van der Waals surface area (Å²) >= 11 is 0. The van der Waals surface area contributed by atoms with E-state index in [0.29, 0.717) is 22.5 Å². The number of fused-ring (bicyclic) bond motifs is 1. The van der Waals surface area contributed by atoms with Crippen LogP contribution in [0.2, 0.25) is 0 Å². The topological polar surface area (TPSA) is 45.6 Å². The monoisotopic (exact) mass is 420 g/mol. The minimum absolute atomic E-state index is 0.0190. The molecule has 2 aromatic carbocycles. The molecule has 0 bridgehead atoms. The molecule has 4 nitrogen and oxygen atoms in total. The van der Waals surface area contributed by atoms with Crippen LogP contribution in [0.25, 0.3) is 22.2 Å². The molecule has 1 aliphatic heterocycles. The number of benzene rings is 2. The van der Waals surface area contributed by atoms with E-state index >= 15 is 0 Å². The number of rotatable bonds is 4. The van der Waals surface area contributed by atoms with Crippen molar-refractivity contribution in [2.24, 2.45) is 0 Å². The van der Waals surface area contributed by atoms with Gasteiger partial charge >= 0.3 is 0 Å². The van der Waals surface area contributed by atoms with Gasteiger partial charge in [0.1, 0.15) is 17.4 Å². The van der Waals surface area contributed by atoms with Crippen molar-refractivity contribution in [2.45, 2.75) is 32.5 Å². The van der Waals surface area contributed by atoms with Gasteiger partial charge in [-0.15, -0.1) is 0 Å². The molecule has 0 amide bonds. The summed E-state index contributed by atoms with van der Waals surface area (Å²) in [5, 5.41) is 9.67. The Morgan fingerprint density at radius 1 is 1.17 bits per heavy atom. The van der Waals surface area contributed by atoms with Crippen molar-refractivity contribution < 1.29 is 27.4 Å². The molecule has 1 N–H and O–H groups in total. The highest BCUT2D eigenvalue weighted by Gasteiger charge is 2.38. The van der Waals surface area contributed by atoms with E-state index in [4.69, 9.17) is 4.74 Å². The van der Waals surface area contributed by atoms with Crippen LogP contribution in [0.15, 0.2) is 36.4 Å². The number of hydrogen-bond acceptors (Lipinski definition) is 4. The number of hydrogen-bond donors (Lipinski definition) is 1. The Morgan fingerprint density at radius 2 is 1.87 bits per heavy atom. The Bertz CT molecular complexity index is 1100. The minimum atomic E-state index is -2.70. The number of anilines is 1. The van der Waals surface area contributed by atoms with Crippen LogP contribution < -0.4 is 9.64 Å². The van der Waals surface area contributed by atoms with Crippen LogP contribution in [0.5, 0.6) is 5.75 Å². The number of aromatic nitrogens is 1. The predicted molar refractivity (Wildman–Crippen MR) is 106 cm³/mol. The quantitative estimate of drug-likeness (QED) is 0.474. The van der Waals surface area contributed by atoms with Gasteiger partial charge in [0, 0.05) is 41.9 Å². The first-order chi connectivity index (χ1) is 14.1. The largest absolute Gasteiger partial charge is 0.464 e. The number of alkyl halides is 2. The molecular formula is C22H20F4N2O2. The molecule has 0 radical (unpaired) electrons. The molecule has 4 rings (SSSR count). The fourth-order valence-corrected chi connectivity index (χ4v) is 3.76. The van der Waals surface area contributed by atoms with Crippen molar-refractivity contribution in [3.05, 3.63) is 53.6 Å². The summed E-state index contributed by atoms with van der Waals surface area (Å²) in [6, 6.07) is 8.69. The van der Waals surface area contributed by atoms with Gasteiger partial charge in [-0.2, -0.15) is 0 Å². The van der Waals surface area contributed by atoms with Gasteiger partial charge in [-0.3, -0.25) is 0 Å². The summed E-state index contributed by atoms with van der Waals surface area (Å²) in [5.74, 6) is -4.24. The third-order valence-electron chi connectivity index (χ3n) is 5.15. The summed E-state index contributed by atoms with van der Waals surface area (Å²) in [7, 11) is 0. The second kappa shape index (κ2) is 7.43. The number of halogens is 4. The number of nitrogens with zero attached hydrogens (tertiary/aromatic N) is 2. The van der Waals surface area contributed by atoms with Gasteiger partial charge in [-0.25, -0.2) is 22.5 Å². The Labute approximate surface area is 170 Å². The van der Waals surface area contributed by atoms with E-state index in [2.05, 4.69) is 4.98 Å². The van der Waals surface area contributed by atoms with Gasteiger partial charge in [-0.1, -0.05) is 12.1 Å². The average Bonchev–Trinajstić information content (AvgIpc) is 3.03. The van der Waals surface area contributed by atoms with Gasteiger partial charge in [0.2, 0.25) is 0 Å². The lowest BCUT2D eigenvalue weighted by Gasteiger charge is -2.20. The molecule has 0 aliphatic carbocycles. The summed E-state index contributed by atoms with van der Waals surface area (Å²) in [4.78, 5) is 6.02. The van der Waals surface area contributed by atoms with Crippen LogP contribution in [0.3, 0.4) is 0 Å². The maximum Gasteiger partial charge on any atom is 0.266 e. The van der Waals surface area contributed by atoms with E-state index in [-0.39, 0.29) is 36.2 Å². The van der Waals surface area contributed by atoms with Crippen LogP contribution in [0.4, 0.5) is 23.2 Å². The van der Waals surface area contributed by atoms with Gasteiger partial charge in [0.05, 0.1) is 23.1 Å². The first-order valence-electron chi connectivity index (χ1n) is 9.52. The SMILES string of the molecule is Cc1c(-c2ccc(N3CCC(F)(F)C3)cc2)nc2cc(F)cc(F)c2c1OC(C)O. The normalized spacial score (nSPS) is 16.8. The molecule has 2 heterocycles. The van der Waals surface area contributed by atoms with Crippen LogP contribution in [-0.2, 0) is 0 Å². The van der Waals surface area contributed by atoms with E-state index in [1.807, 2.05) is 0 Å². The summed E-state index contributed by atoms with van der Waals surface area (Å²) in [5.41, 5.74) is 2.22. The van der Waals surface area contributed by atoms with E-state index < -0.39 is 23.8 Å². The maximum absolute atomic E-state index is 14.5. The zero-order valence-corrected chi connectivity index (χ0v) is 16.4. The van der Waals surface area contributed by atoms with E-state index in [9.17, 15) is 22.7 Å². The molecule has 1 unspecified atom stereocenters. The first-order valence-corrected chi connectivity index (χ1v) is 9.52. The summed E-state index contributed by atoms with van der Waals surface area (Å²) < 4.78 is 60.6. The minimum Gasteiger partial charge on any atom is -0.464 e. The lowest BCUT2D eigenvalue weighted by Crippen LogP contribution is -2.24. The molecule has 8 heteroatoms. The number of aliphatic hydroxyl groups excluding tert-OH is 1. The number of pyridine rings is 1. The molecule has 1 saturated heterocycles. The van der Waals surface area contributed by atoms with Crippen molar-refractivity contribution in [2.75, 3.05) is 18.0 Å². The highest BCUT2D eigenvalue weighted by molar-refractivity contribution is 5.91. The van der Waals surface area contributed by atoms with Crippen LogP contribution in [0, 0.1) is 18.6 Å². The predicted octanol–water partition coefficient (Wildman–Crippen LogP) is 5.05. The standard InChI is InChI=1S/C22H20F4N2O2/c1-12-20(14-3-5-16(6-4-14)28-8-7-22(25,26)11-28)27-18-10-15(23)9-17(24)19(18)21(12)30-13(2)29/h3-6,9-10,13,29H,7-8,11H2,1-2H3. The molecule has 3 aromatic rings. The third kappa shape index (κ3) is 3.79. The molecule has 1 aliphatic rings. The number of ether oxygens (including phenoxy) is 1. The van der Waals surface area contributed by atoms with Gasteiger partial charge < -0.3 is 14.7 Å². The molecule has 30 heavy (non-hydrogen) atoms. The molecule has 1 atom stereocenters. The van der Waals surface area contributed by atoms with Crippen molar-refractivity contribution in [3.63, 3.8) is 0 Å². The summed E-state index contributed by atoms with van der Waals surface area (Å²) in [6.07, 6.45) is -1.40. The van der Waals surface area contributed by atoms with Gasteiger partial charge in [-0.05, 0) is 26.0 Å². The maximum atomic E-state index is 14.5. The zero-order chi connectivity index (χ0) is 21.6. The molecule has 0 spiro atoms. The number of aliphatic hydroxyl groups is 1. The van der Waals surface area contributed by atoms with Gasteiger partial charge in [0.15, 0.2) is 6.29 Å². The van der Waals surface area contributed by atoms with E-state index in [0.717, 1.165) is 12.1 Å². The smallest absolute Gasteiger partial charge is 0.266 e. The Morgan fingerprint density at radius 3 is 2.47 bits per heavy atom. The highest BCUT2D eigenvalue weighted by Crippen LogP contribution is 2.38. The second-order valence-electron chi connectivity index (χ2n) is 7.49. The fourth-order valence-electron chi connectivity index (χ4n) is 3.76. The fraction of sp³-hybridized carbons (Fsp3) is 0.318. The molecular weight excluding hydrogens is 400 g/mol. The molecule has 1 fully saturated rings.